The molecule has 0 spiro atoms. The van der Waals surface area contributed by atoms with Crippen LogP contribution in [-0.2, 0) is 5.75 Å². The van der Waals surface area contributed by atoms with E-state index in [1.165, 1.54) is 5.56 Å². The molecule has 7 heteroatoms. The van der Waals surface area contributed by atoms with Crippen LogP contribution in [0.4, 0.5) is 0 Å². The smallest absolute Gasteiger partial charge is 0.209 e. The predicted molar refractivity (Wildman–Crippen MR) is 90.0 cm³/mol. The Balaban J connectivity index is 1.66. The molecule has 0 bridgehead atoms. The molecule has 21 heavy (non-hydrogen) atoms. The lowest BCUT2D eigenvalue weighted by Gasteiger charge is -2.05. The van der Waals surface area contributed by atoms with E-state index in [9.17, 15) is 0 Å². The molecule has 3 rings (SSSR count). The maximum atomic E-state index is 5.23. The van der Waals surface area contributed by atoms with Crippen LogP contribution in [0.25, 0.3) is 10.7 Å². The largest absolute Gasteiger partial charge is 0.496 e. The molecule has 0 fully saturated rings. The van der Waals surface area contributed by atoms with Crippen LogP contribution in [0.3, 0.4) is 0 Å². The number of hydrogen-bond donors (Lipinski definition) is 1. The molecule has 1 N–H and O–H groups in total. The number of aromatic amines is 1. The van der Waals surface area contributed by atoms with Gasteiger partial charge in [0.05, 0.1) is 16.5 Å². The quantitative estimate of drug-likeness (QED) is 0.656. The number of H-pyrrole nitrogens is 1. The van der Waals surface area contributed by atoms with E-state index < -0.39 is 0 Å². The number of thiophene rings is 1. The van der Waals surface area contributed by atoms with Crippen molar-refractivity contribution in [2.24, 2.45) is 0 Å². The van der Waals surface area contributed by atoms with Crippen molar-refractivity contribution in [3.05, 3.63) is 45.7 Å². The third kappa shape index (κ3) is 3.48. The van der Waals surface area contributed by atoms with Gasteiger partial charge in [0.1, 0.15) is 5.75 Å². The second-order valence-corrected chi connectivity index (χ2v) is 6.95. The number of hydrogen-bond acceptors (Lipinski definition) is 5. The highest BCUT2D eigenvalue weighted by Crippen LogP contribution is 2.29. The van der Waals surface area contributed by atoms with Gasteiger partial charge in [-0.05, 0) is 45.1 Å². The van der Waals surface area contributed by atoms with E-state index in [1.54, 1.807) is 30.2 Å². The van der Waals surface area contributed by atoms with E-state index in [1.807, 2.05) is 29.6 Å². The normalized spacial score (nSPS) is 10.8. The predicted octanol–water partition coefficient (Wildman–Crippen LogP) is 4.60. The minimum atomic E-state index is 0.755. The zero-order valence-electron chi connectivity index (χ0n) is 11.2. The molecule has 3 aromatic rings. The van der Waals surface area contributed by atoms with E-state index in [0.29, 0.717) is 0 Å². The lowest BCUT2D eigenvalue weighted by molar-refractivity contribution is 0.412. The Morgan fingerprint density at radius 1 is 1.38 bits per heavy atom. The summed E-state index contributed by atoms with van der Waals surface area (Å²) in [5, 5.41) is 10.00. The molecule has 0 atom stereocenters. The van der Waals surface area contributed by atoms with Crippen molar-refractivity contribution in [3.63, 3.8) is 0 Å². The van der Waals surface area contributed by atoms with E-state index >= 15 is 0 Å². The third-order valence-electron chi connectivity index (χ3n) is 2.80. The highest BCUT2D eigenvalue weighted by molar-refractivity contribution is 9.10. The molecule has 0 aliphatic heterocycles. The summed E-state index contributed by atoms with van der Waals surface area (Å²) in [6, 6.07) is 10.1. The van der Waals surface area contributed by atoms with Crippen LogP contribution in [0.2, 0.25) is 0 Å². The second-order valence-electron chi connectivity index (χ2n) is 4.20. The number of nitrogens with one attached hydrogen (secondary N) is 1. The molecule has 0 saturated carbocycles. The van der Waals surface area contributed by atoms with E-state index in [-0.39, 0.29) is 0 Å². The minimum Gasteiger partial charge on any atom is -0.496 e. The summed E-state index contributed by atoms with van der Waals surface area (Å²) in [4.78, 5) is 5.59. The fourth-order valence-electron chi connectivity index (χ4n) is 1.78. The summed E-state index contributed by atoms with van der Waals surface area (Å²) in [7, 11) is 1.66. The Labute approximate surface area is 139 Å². The van der Waals surface area contributed by atoms with E-state index in [2.05, 4.69) is 37.2 Å². The van der Waals surface area contributed by atoms with Gasteiger partial charge in [-0.1, -0.05) is 23.9 Å². The average molecular weight is 382 g/mol. The van der Waals surface area contributed by atoms with Gasteiger partial charge in [0.2, 0.25) is 5.16 Å². The number of aromatic nitrogens is 3. The fraction of sp³-hybridized carbons (Fsp3) is 0.143. The minimum absolute atomic E-state index is 0.755. The van der Waals surface area contributed by atoms with Crippen molar-refractivity contribution in [2.45, 2.75) is 10.9 Å². The van der Waals surface area contributed by atoms with Crippen molar-refractivity contribution in [3.8, 4) is 16.5 Å². The van der Waals surface area contributed by atoms with Crippen LogP contribution in [0.1, 0.15) is 5.56 Å². The zero-order valence-corrected chi connectivity index (χ0v) is 14.4. The molecule has 108 valence electrons. The topological polar surface area (TPSA) is 50.8 Å². The second kappa shape index (κ2) is 6.64. The Morgan fingerprint density at radius 2 is 2.29 bits per heavy atom. The number of thioether (sulfide) groups is 1. The first-order valence-electron chi connectivity index (χ1n) is 6.18. The van der Waals surface area contributed by atoms with Crippen molar-refractivity contribution in [2.75, 3.05) is 7.11 Å². The Bertz CT molecular complexity index is 728. The summed E-state index contributed by atoms with van der Waals surface area (Å²) in [5.74, 6) is 2.47. The molecular formula is C14H12BrN3OS2. The molecule has 0 amide bonds. The fourth-order valence-corrected chi connectivity index (χ4v) is 3.78. The van der Waals surface area contributed by atoms with Crippen LogP contribution in [0, 0.1) is 0 Å². The van der Waals surface area contributed by atoms with Crippen molar-refractivity contribution < 1.29 is 4.74 Å². The van der Waals surface area contributed by atoms with Crippen molar-refractivity contribution >= 4 is 39.0 Å². The lowest BCUT2D eigenvalue weighted by Crippen LogP contribution is -1.87. The van der Waals surface area contributed by atoms with Gasteiger partial charge >= 0.3 is 0 Å². The zero-order chi connectivity index (χ0) is 14.7. The number of methoxy groups -OCH3 is 1. The molecule has 0 aliphatic carbocycles. The number of nitrogens with zero attached hydrogens (tertiary/aromatic N) is 2. The van der Waals surface area contributed by atoms with Crippen molar-refractivity contribution in [1.82, 2.24) is 15.2 Å². The van der Waals surface area contributed by atoms with Gasteiger partial charge in [-0.25, -0.2) is 4.98 Å². The lowest BCUT2D eigenvalue weighted by atomic mass is 10.2. The standard InChI is InChI=1S/C14H12BrN3OS2/c1-19-11-5-4-9(7-10(11)15)8-21-14-16-13(17-18-14)12-3-2-6-20-12/h2-7H,8H2,1H3,(H,16,17,18). The highest BCUT2D eigenvalue weighted by atomic mass is 79.9. The maximum absolute atomic E-state index is 5.23. The van der Waals surface area contributed by atoms with Gasteiger partial charge in [-0.3, -0.25) is 5.10 Å². The number of ether oxygens (including phenoxy) is 1. The van der Waals surface area contributed by atoms with Gasteiger partial charge < -0.3 is 4.74 Å². The van der Waals surface area contributed by atoms with Crippen LogP contribution >= 0.6 is 39.0 Å². The van der Waals surface area contributed by atoms with Crippen LogP contribution in [0.15, 0.2) is 45.3 Å². The summed E-state index contributed by atoms with van der Waals surface area (Å²) in [6.07, 6.45) is 0. The maximum Gasteiger partial charge on any atom is 0.209 e. The van der Waals surface area contributed by atoms with Gasteiger partial charge in [-0.2, -0.15) is 0 Å². The number of halogens is 1. The Morgan fingerprint density at radius 3 is 3.00 bits per heavy atom. The van der Waals surface area contributed by atoms with E-state index in [4.69, 9.17) is 4.74 Å². The molecule has 0 radical (unpaired) electrons. The van der Waals surface area contributed by atoms with Crippen LogP contribution < -0.4 is 4.74 Å². The van der Waals surface area contributed by atoms with Crippen molar-refractivity contribution in [1.29, 1.82) is 0 Å². The molecule has 4 nitrogen and oxygen atoms in total. The monoisotopic (exact) mass is 381 g/mol. The Hall–Kier alpha value is -1.31. The number of benzene rings is 1. The number of rotatable bonds is 5. The first kappa shape index (κ1) is 14.6. The first-order valence-corrected chi connectivity index (χ1v) is 8.83. The molecule has 2 aromatic heterocycles. The van der Waals surface area contributed by atoms with Gasteiger partial charge in [0.25, 0.3) is 0 Å². The van der Waals surface area contributed by atoms with Crippen LogP contribution in [0.5, 0.6) is 5.75 Å². The first-order chi connectivity index (χ1) is 10.3. The van der Waals surface area contributed by atoms with Gasteiger partial charge in [0, 0.05) is 5.75 Å². The summed E-state index contributed by atoms with van der Waals surface area (Å²) in [5.41, 5.74) is 1.19. The molecule has 0 saturated heterocycles. The van der Waals surface area contributed by atoms with Crippen LogP contribution in [-0.4, -0.2) is 22.3 Å². The SMILES string of the molecule is COc1ccc(CSc2n[nH]c(-c3cccs3)n2)cc1Br. The van der Waals surface area contributed by atoms with Gasteiger partial charge in [0.15, 0.2) is 5.82 Å². The molecule has 0 aliphatic rings. The average Bonchev–Trinajstić information content (AvgIpc) is 3.16. The Kier molecular flexibility index (Phi) is 4.62. The summed E-state index contributed by atoms with van der Waals surface area (Å²) in [6.45, 7) is 0. The summed E-state index contributed by atoms with van der Waals surface area (Å²) < 4.78 is 6.18. The summed E-state index contributed by atoms with van der Waals surface area (Å²) >= 11 is 6.74. The molecular weight excluding hydrogens is 370 g/mol. The molecule has 0 unspecified atom stereocenters. The third-order valence-corrected chi connectivity index (χ3v) is 5.22. The highest BCUT2D eigenvalue weighted by Gasteiger charge is 2.08. The molecule has 1 aromatic carbocycles. The molecule has 2 heterocycles. The van der Waals surface area contributed by atoms with E-state index in [0.717, 1.165) is 31.8 Å². The van der Waals surface area contributed by atoms with Gasteiger partial charge in [-0.15, -0.1) is 16.4 Å².